The third-order valence-electron chi connectivity index (χ3n) is 9.97. The van der Waals surface area contributed by atoms with Gasteiger partial charge in [-0.25, -0.2) is 0 Å². The number of carboxylic acids is 1. The molecule has 3 aromatic rings. The van der Waals surface area contributed by atoms with E-state index in [2.05, 4.69) is 6.58 Å². The number of anilines is 1. The van der Waals surface area contributed by atoms with Crippen LogP contribution in [0.5, 0.6) is 0 Å². The molecule has 3 aromatic carbocycles. The first-order chi connectivity index (χ1) is 25.3. The van der Waals surface area contributed by atoms with Crippen molar-refractivity contribution in [2.75, 3.05) is 17.2 Å². The molecular formula is C40H47NO11S3. The van der Waals surface area contributed by atoms with Crippen LogP contribution in [0.3, 0.4) is 0 Å². The van der Waals surface area contributed by atoms with Gasteiger partial charge in [-0.3, -0.25) is 18.5 Å². The normalized spacial score (nSPS) is 15.8. The lowest BCUT2D eigenvalue weighted by Crippen LogP contribution is -2.27. The van der Waals surface area contributed by atoms with Gasteiger partial charge in [0.2, 0.25) is 0 Å². The van der Waals surface area contributed by atoms with Gasteiger partial charge in [0.15, 0.2) is 0 Å². The number of carbonyl (C=O) groups is 1. The van der Waals surface area contributed by atoms with E-state index in [1.54, 1.807) is 19.1 Å². The van der Waals surface area contributed by atoms with Crippen LogP contribution >= 0.6 is 0 Å². The van der Waals surface area contributed by atoms with E-state index < -0.39 is 52.9 Å². The van der Waals surface area contributed by atoms with Crippen LogP contribution in [-0.4, -0.2) is 62.3 Å². The second-order valence-electron chi connectivity index (χ2n) is 14.6. The third kappa shape index (κ3) is 10.7. The minimum Gasteiger partial charge on any atom is -0.481 e. The fourth-order valence-corrected chi connectivity index (χ4v) is 8.36. The zero-order chi connectivity index (χ0) is 41.1. The van der Waals surface area contributed by atoms with Crippen molar-refractivity contribution in [2.45, 2.75) is 80.9 Å². The van der Waals surface area contributed by atoms with Gasteiger partial charge in [0.1, 0.15) is 0 Å². The topological polar surface area (TPSA) is 204 Å². The van der Waals surface area contributed by atoms with Crippen LogP contribution in [0.1, 0.15) is 74.8 Å². The number of rotatable bonds is 16. The maximum atomic E-state index is 12.1. The number of hydrogen-bond donors (Lipinski definition) is 4. The van der Waals surface area contributed by atoms with Crippen LogP contribution in [0.15, 0.2) is 113 Å². The molecule has 1 heterocycles. The lowest BCUT2D eigenvalue weighted by molar-refractivity contribution is -0.136. The molecule has 4 N–H and O–H groups in total. The molecule has 0 bridgehead atoms. The Morgan fingerprint density at radius 1 is 0.855 bits per heavy atom. The Hall–Kier alpha value is -4.38. The van der Waals surface area contributed by atoms with Crippen LogP contribution in [0.2, 0.25) is 0 Å². The lowest BCUT2D eigenvalue weighted by Gasteiger charge is -2.28. The first kappa shape index (κ1) is 43.3. The number of carboxylic acid groups (broad SMARTS) is 1. The number of benzene rings is 3. The van der Waals surface area contributed by atoms with E-state index >= 15 is 0 Å². The smallest absolute Gasteiger partial charge is 0.303 e. The van der Waals surface area contributed by atoms with Gasteiger partial charge in [-0.15, -0.1) is 0 Å². The van der Waals surface area contributed by atoms with Crippen LogP contribution in [-0.2, 0) is 52.4 Å². The summed E-state index contributed by atoms with van der Waals surface area (Å²) in [6.45, 7) is 14.2. The summed E-state index contributed by atoms with van der Waals surface area (Å²) in [4.78, 5) is 12.5. The van der Waals surface area contributed by atoms with Crippen molar-refractivity contribution in [3.8, 4) is 0 Å². The predicted octanol–water partition coefficient (Wildman–Crippen LogP) is 7.33. The maximum absolute atomic E-state index is 12.1. The first-order valence-electron chi connectivity index (χ1n) is 17.4. The molecule has 0 unspecified atom stereocenters. The van der Waals surface area contributed by atoms with Crippen molar-refractivity contribution in [1.82, 2.24) is 0 Å². The highest BCUT2D eigenvalue weighted by Crippen LogP contribution is 2.48. The van der Waals surface area contributed by atoms with E-state index in [9.17, 15) is 43.7 Å². The molecule has 15 heteroatoms. The number of aryl methyl sites for hydroxylation is 2. The third-order valence-corrected chi connectivity index (χ3v) is 12.5. The summed E-state index contributed by atoms with van der Waals surface area (Å²) in [5.74, 6) is -1.35. The van der Waals surface area contributed by atoms with E-state index in [0.29, 0.717) is 29.7 Å². The molecule has 1 aliphatic rings. The van der Waals surface area contributed by atoms with E-state index in [1.807, 2.05) is 81.2 Å². The summed E-state index contributed by atoms with van der Waals surface area (Å²) in [7, 11) is -13.1. The van der Waals surface area contributed by atoms with Gasteiger partial charge < -0.3 is 10.0 Å². The van der Waals surface area contributed by atoms with E-state index in [0.717, 1.165) is 33.5 Å². The summed E-state index contributed by atoms with van der Waals surface area (Å²) in [5, 5.41) is 9.16. The van der Waals surface area contributed by atoms with Gasteiger partial charge >= 0.3 is 5.97 Å². The molecule has 1 aliphatic heterocycles. The molecule has 0 radical (unpaired) electrons. The van der Waals surface area contributed by atoms with Crippen molar-refractivity contribution in [2.24, 2.45) is 0 Å². The second-order valence-corrected chi connectivity index (χ2v) is 19.0. The number of unbranched alkanes of at least 4 members (excludes halogenated alkanes) is 1. The number of nitrogens with zero attached hydrogens (tertiary/aromatic N) is 1. The minimum absolute atomic E-state index is 0.0252. The van der Waals surface area contributed by atoms with Crippen molar-refractivity contribution >= 4 is 47.6 Å². The molecule has 0 fully saturated rings. The molecule has 55 heavy (non-hydrogen) atoms. The Morgan fingerprint density at radius 3 is 2.02 bits per heavy atom. The zero-order valence-corrected chi connectivity index (χ0v) is 33.8. The molecule has 0 spiro atoms. The molecule has 4 rings (SSSR count). The molecular weight excluding hydrogens is 767 g/mol. The first-order valence-corrected chi connectivity index (χ1v) is 21.9. The van der Waals surface area contributed by atoms with Gasteiger partial charge in [-0.05, 0) is 95.5 Å². The lowest BCUT2D eigenvalue weighted by atomic mass is 9.76. The number of aliphatic carboxylic acids is 1. The largest absolute Gasteiger partial charge is 0.481 e. The monoisotopic (exact) mass is 813 g/mol. The molecule has 0 atom stereocenters. The molecule has 0 amide bonds. The molecule has 0 saturated heterocycles. The minimum atomic E-state index is -4.54. The number of fused-ring (bicyclic) bond motifs is 1. The Balaban J connectivity index is 1.82. The molecule has 0 saturated carbocycles. The summed E-state index contributed by atoms with van der Waals surface area (Å²) < 4.78 is 99.2. The Labute approximate surface area is 323 Å². The van der Waals surface area contributed by atoms with Gasteiger partial charge in [0, 0.05) is 35.2 Å². The highest BCUT2D eigenvalue weighted by atomic mass is 32.2. The second kappa shape index (κ2) is 16.4. The Morgan fingerprint density at radius 2 is 1.45 bits per heavy atom. The van der Waals surface area contributed by atoms with Crippen LogP contribution < -0.4 is 4.90 Å². The molecule has 12 nitrogen and oxygen atoms in total. The van der Waals surface area contributed by atoms with Crippen molar-refractivity contribution in [3.63, 3.8) is 0 Å². The highest BCUT2D eigenvalue weighted by Gasteiger charge is 2.40. The average molecular weight is 814 g/mol. The van der Waals surface area contributed by atoms with Crippen LogP contribution in [0.4, 0.5) is 5.69 Å². The van der Waals surface area contributed by atoms with Crippen molar-refractivity contribution in [3.05, 3.63) is 131 Å². The Kier molecular flexibility index (Phi) is 12.9. The summed E-state index contributed by atoms with van der Waals surface area (Å²) in [6.07, 6.45) is 8.28. The molecule has 0 aromatic heterocycles. The number of allylic oxidation sites excluding steroid dienone is 7. The van der Waals surface area contributed by atoms with Gasteiger partial charge in [-0.2, -0.15) is 25.3 Å². The van der Waals surface area contributed by atoms with Crippen molar-refractivity contribution in [1.29, 1.82) is 0 Å². The van der Waals surface area contributed by atoms with Crippen LogP contribution in [0.25, 0.3) is 5.57 Å². The quantitative estimate of drug-likeness (QED) is 0.0638. The fourth-order valence-electron chi connectivity index (χ4n) is 6.72. The predicted molar refractivity (Wildman–Crippen MR) is 213 cm³/mol. The van der Waals surface area contributed by atoms with Crippen LogP contribution in [0, 0.1) is 6.92 Å². The molecule has 296 valence electrons. The van der Waals surface area contributed by atoms with E-state index in [1.165, 1.54) is 24.3 Å². The van der Waals surface area contributed by atoms with Crippen molar-refractivity contribution < 1.29 is 48.8 Å². The standard InChI is InChI=1S/C40H47NO11S3/c1-27-25-32(54(47,48)49)17-19-34(27)39(3,4)28(2)9-13-30(31-14-10-29(11-15-31)12-22-38(42)43)16-21-37-40(5,6)35-20-18-33(55(50,51)52)26-36(35)41(37)23-7-8-24-53(44,45)46/h9-11,13-21,25-26H,2,7-8,12,22-24H2,1,3-6H3,(H,42,43)(H,44,45,46)(H,47,48,49)(H,50,51,52)/b13-9+,30-16-,37-21-. The highest BCUT2D eigenvalue weighted by molar-refractivity contribution is 7.86. The summed E-state index contributed by atoms with van der Waals surface area (Å²) >= 11 is 0. The SMILES string of the molecule is C=C(/C=C/C(=C/C=C1\N(CCCCS(=O)(=O)O)c2cc(S(=O)(=O)O)ccc2C1(C)C)c1ccc(CCC(=O)O)cc1)C(C)(C)c1ccc(S(=O)(=O)O)cc1C. The van der Waals surface area contributed by atoms with Gasteiger partial charge in [0.05, 0.1) is 15.5 Å². The zero-order valence-electron chi connectivity index (χ0n) is 31.4. The van der Waals surface area contributed by atoms with Gasteiger partial charge in [-0.1, -0.05) is 88.9 Å². The van der Waals surface area contributed by atoms with E-state index in [-0.39, 0.29) is 29.2 Å². The fraction of sp³-hybridized carbons (Fsp3) is 0.325. The maximum Gasteiger partial charge on any atom is 0.303 e. The van der Waals surface area contributed by atoms with Gasteiger partial charge in [0.25, 0.3) is 30.4 Å². The molecule has 0 aliphatic carbocycles. The summed E-state index contributed by atoms with van der Waals surface area (Å²) in [6, 6.07) is 16.2. The number of hydrogen-bond acceptors (Lipinski definition) is 8. The summed E-state index contributed by atoms with van der Waals surface area (Å²) in [5.41, 5.74) is 5.15. The Bertz CT molecular complexity index is 2410. The average Bonchev–Trinajstić information content (AvgIpc) is 3.29. The van der Waals surface area contributed by atoms with E-state index in [4.69, 9.17) is 5.11 Å².